The fraction of sp³-hybridized carbons (Fsp3) is 0.647. The molecule has 22 heavy (non-hydrogen) atoms. The van der Waals surface area contributed by atoms with E-state index in [2.05, 4.69) is 4.98 Å². The molecular formula is C17H26N2O3. The molecule has 0 saturated carbocycles. The summed E-state index contributed by atoms with van der Waals surface area (Å²) in [6.07, 6.45) is 4.10. The number of hydrogen-bond donors (Lipinski definition) is 0. The van der Waals surface area contributed by atoms with Crippen LogP contribution in [0.4, 0.5) is 4.79 Å². The number of amides is 1. The van der Waals surface area contributed by atoms with Crippen molar-refractivity contribution in [3.8, 4) is 0 Å². The molecule has 1 saturated heterocycles. The number of nitrogens with zero attached hydrogens (tertiary/aromatic N) is 2. The smallest absolute Gasteiger partial charge is 0.410 e. The summed E-state index contributed by atoms with van der Waals surface area (Å²) in [4.78, 5) is 17.6. The molecule has 5 nitrogen and oxygen atoms in total. The van der Waals surface area contributed by atoms with Crippen molar-refractivity contribution in [2.45, 2.75) is 45.8 Å². The van der Waals surface area contributed by atoms with Gasteiger partial charge in [0.05, 0.1) is 9.35 Å². The van der Waals surface area contributed by atoms with E-state index in [1.54, 1.807) is 29.4 Å². The van der Waals surface area contributed by atoms with Gasteiger partial charge in [-0.05, 0) is 57.2 Å². The SMILES string of the molecule is [2H]C([2H])(OCc1ccncc1)C1CCN(C(=O)OC(C)(C)C)CC1. The Kier molecular flexibility index (Phi) is 4.83. The van der Waals surface area contributed by atoms with Gasteiger partial charge in [-0.25, -0.2) is 4.79 Å². The minimum Gasteiger partial charge on any atom is -0.444 e. The Hall–Kier alpha value is -1.62. The van der Waals surface area contributed by atoms with E-state index in [0.717, 1.165) is 5.56 Å². The first-order chi connectivity index (χ1) is 11.2. The normalized spacial score (nSPS) is 18.6. The third-order valence-electron chi connectivity index (χ3n) is 3.38. The second-order valence-corrected chi connectivity index (χ2v) is 6.50. The van der Waals surface area contributed by atoms with E-state index in [9.17, 15) is 4.79 Å². The topological polar surface area (TPSA) is 51.7 Å². The standard InChI is InChI=1S/C17H26N2O3/c1-17(2,3)22-16(20)19-10-6-15(7-11-19)13-21-12-14-4-8-18-9-5-14/h4-5,8-9,15H,6-7,10-13H2,1-3H3/i13D2. The van der Waals surface area contributed by atoms with Gasteiger partial charge in [0.2, 0.25) is 0 Å². The molecule has 1 aromatic heterocycles. The molecule has 0 atom stereocenters. The molecule has 0 radical (unpaired) electrons. The summed E-state index contributed by atoms with van der Waals surface area (Å²) < 4.78 is 27.2. The zero-order valence-corrected chi connectivity index (χ0v) is 13.5. The van der Waals surface area contributed by atoms with Crippen LogP contribution in [0.2, 0.25) is 0 Å². The summed E-state index contributed by atoms with van der Waals surface area (Å²) in [5.41, 5.74) is 0.371. The first-order valence-electron chi connectivity index (χ1n) is 8.68. The lowest BCUT2D eigenvalue weighted by Gasteiger charge is -2.33. The first kappa shape index (κ1) is 14.0. The minimum atomic E-state index is -1.72. The van der Waals surface area contributed by atoms with Gasteiger partial charge in [-0.2, -0.15) is 0 Å². The molecule has 0 aliphatic carbocycles. The van der Waals surface area contributed by atoms with Crippen molar-refractivity contribution >= 4 is 6.09 Å². The zero-order valence-electron chi connectivity index (χ0n) is 15.5. The van der Waals surface area contributed by atoms with E-state index >= 15 is 0 Å². The molecule has 0 aromatic carbocycles. The Morgan fingerprint density at radius 2 is 2.00 bits per heavy atom. The second kappa shape index (κ2) is 7.58. The van der Waals surface area contributed by atoms with E-state index in [1.807, 2.05) is 20.8 Å². The van der Waals surface area contributed by atoms with Crippen molar-refractivity contribution in [3.05, 3.63) is 30.1 Å². The molecule has 0 N–H and O–H groups in total. The number of aromatic nitrogens is 1. The van der Waals surface area contributed by atoms with Crippen LogP contribution >= 0.6 is 0 Å². The Morgan fingerprint density at radius 3 is 2.59 bits per heavy atom. The fourth-order valence-electron chi connectivity index (χ4n) is 2.23. The molecule has 0 unspecified atom stereocenters. The van der Waals surface area contributed by atoms with Crippen molar-refractivity contribution < 1.29 is 17.0 Å². The predicted molar refractivity (Wildman–Crippen MR) is 84.4 cm³/mol. The highest BCUT2D eigenvalue weighted by molar-refractivity contribution is 5.68. The molecule has 1 fully saturated rings. The average Bonchev–Trinajstić information content (AvgIpc) is 2.53. The third-order valence-corrected chi connectivity index (χ3v) is 3.38. The molecular weight excluding hydrogens is 280 g/mol. The molecule has 5 heteroatoms. The summed E-state index contributed by atoms with van der Waals surface area (Å²) in [5.74, 6) is -0.238. The Balaban J connectivity index is 1.83. The number of rotatable bonds is 4. The Morgan fingerprint density at radius 1 is 1.36 bits per heavy atom. The quantitative estimate of drug-likeness (QED) is 0.857. The molecule has 122 valence electrons. The summed E-state index contributed by atoms with van der Waals surface area (Å²) in [5, 5.41) is 0. The third kappa shape index (κ3) is 5.64. The van der Waals surface area contributed by atoms with Crippen molar-refractivity contribution in [2.75, 3.05) is 19.6 Å². The summed E-state index contributed by atoms with van der Waals surface area (Å²) in [7, 11) is 0. The van der Waals surface area contributed by atoms with Gasteiger partial charge in [0.15, 0.2) is 0 Å². The van der Waals surface area contributed by atoms with Gasteiger partial charge in [0, 0.05) is 32.0 Å². The molecule has 1 aromatic rings. The molecule has 0 spiro atoms. The van der Waals surface area contributed by atoms with Gasteiger partial charge in [0.1, 0.15) is 5.60 Å². The van der Waals surface area contributed by atoms with Crippen molar-refractivity contribution in [3.63, 3.8) is 0 Å². The molecule has 2 rings (SSSR count). The number of ether oxygens (including phenoxy) is 2. The maximum Gasteiger partial charge on any atom is 0.410 e. The van der Waals surface area contributed by atoms with Gasteiger partial charge in [-0.15, -0.1) is 0 Å². The van der Waals surface area contributed by atoms with Crippen LogP contribution in [-0.4, -0.2) is 41.2 Å². The van der Waals surface area contributed by atoms with Crippen LogP contribution in [0.15, 0.2) is 24.5 Å². The molecule has 1 amide bonds. The van der Waals surface area contributed by atoms with E-state index in [1.165, 1.54) is 0 Å². The highest BCUT2D eigenvalue weighted by atomic mass is 16.6. The molecule has 1 aliphatic heterocycles. The van der Waals surface area contributed by atoms with Crippen LogP contribution in [-0.2, 0) is 16.1 Å². The fourth-order valence-corrected chi connectivity index (χ4v) is 2.23. The van der Waals surface area contributed by atoms with Gasteiger partial charge >= 0.3 is 6.09 Å². The van der Waals surface area contributed by atoms with Crippen molar-refractivity contribution in [1.82, 2.24) is 9.88 Å². The lowest BCUT2D eigenvalue weighted by Crippen LogP contribution is -2.42. The van der Waals surface area contributed by atoms with Crippen LogP contribution in [0, 0.1) is 5.92 Å². The molecule has 2 heterocycles. The minimum absolute atomic E-state index is 0.210. The van der Waals surface area contributed by atoms with Gasteiger partial charge < -0.3 is 14.4 Å². The summed E-state index contributed by atoms with van der Waals surface area (Å²) in [6.45, 7) is 4.97. The molecule has 0 bridgehead atoms. The largest absolute Gasteiger partial charge is 0.444 e. The number of carbonyl (C=O) groups is 1. The van der Waals surface area contributed by atoms with E-state index < -0.39 is 12.2 Å². The highest BCUT2D eigenvalue weighted by Crippen LogP contribution is 2.20. The number of carbonyl (C=O) groups excluding carboxylic acids is 1. The van der Waals surface area contributed by atoms with Crippen LogP contribution in [0.3, 0.4) is 0 Å². The lowest BCUT2D eigenvalue weighted by molar-refractivity contribution is 0.0105. The van der Waals surface area contributed by atoms with Gasteiger partial charge in [0.25, 0.3) is 0 Å². The van der Waals surface area contributed by atoms with Gasteiger partial charge in [-0.1, -0.05) is 0 Å². The first-order valence-corrected chi connectivity index (χ1v) is 7.68. The van der Waals surface area contributed by atoms with Crippen LogP contribution in [0.1, 0.15) is 41.9 Å². The summed E-state index contributed by atoms with van der Waals surface area (Å²) >= 11 is 0. The summed E-state index contributed by atoms with van der Waals surface area (Å²) in [6, 6.07) is 3.61. The van der Waals surface area contributed by atoms with Gasteiger partial charge in [-0.3, -0.25) is 4.98 Å². The van der Waals surface area contributed by atoms with Crippen LogP contribution in [0.5, 0.6) is 0 Å². The number of likely N-dealkylation sites (tertiary alicyclic amines) is 1. The van der Waals surface area contributed by atoms with Crippen molar-refractivity contribution in [2.24, 2.45) is 5.92 Å². The zero-order chi connectivity index (χ0) is 17.8. The van der Waals surface area contributed by atoms with E-state index in [-0.39, 0.29) is 18.6 Å². The Labute approximate surface area is 135 Å². The number of piperidine rings is 1. The van der Waals surface area contributed by atoms with Crippen LogP contribution < -0.4 is 0 Å². The van der Waals surface area contributed by atoms with E-state index in [0.29, 0.717) is 25.9 Å². The monoisotopic (exact) mass is 308 g/mol. The predicted octanol–water partition coefficient (Wildman–Crippen LogP) is 3.25. The number of pyridine rings is 1. The number of hydrogen-bond acceptors (Lipinski definition) is 4. The van der Waals surface area contributed by atoms with E-state index in [4.69, 9.17) is 12.2 Å². The average molecular weight is 308 g/mol. The lowest BCUT2D eigenvalue weighted by atomic mass is 9.98. The maximum absolute atomic E-state index is 12.1. The maximum atomic E-state index is 12.1. The Bertz CT molecular complexity index is 539. The van der Waals surface area contributed by atoms with Crippen LogP contribution in [0.25, 0.3) is 0 Å². The highest BCUT2D eigenvalue weighted by Gasteiger charge is 2.26. The second-order valence-electron chi connectivity index (χ2n) is 6.50. The molecule has 1 aliphatic rings. The van der Waals surface area contributed by atoms with Crippen molar-refractivity contribution in [1.29, 1.82) is 0 Å².